The molecule has 31 heavy (non-hydrogen) atoms. The maximum Gasteiger partial charge on any atom is 0.335 e. The van der Waals surface area contributed by atoms with Gasteiger partial charge in [-0.25, -0.2) is 0 Å². The molecule has 4 atom stereocenters. The third-order valence-corrected chi connectivity index (χ3v) is 17.1. The molecular weight excluding hydrogens is 430 g/mol. The second kappa shape index (κ2) is 11.1. The van der Waals surface area contributed by atoms with E-state index in [1.807, 2.05) is 0 Å². The van der Waals surface area contributed by atoms with Crippen LogP contribution in [0.15, 0.2) is 5.11 Å². The normalized spacial score (nSPS) is 30.4. The van der Waals surface area contributed by atoms with Crippen molar-refractivity contribution in [1.82, 2.24) is 0 Å². The molecule has 2 heterocycles. The molecule has 10 heteroatoms. The summed E-state index contributed by atoms with van der Waals surface area (Å²) in [7, 11) is -3.54. The average Bonchev–Trinajstić information content (AvgIpc) is 3.00. The van der Waals surface area contributed by atoms with Gasteiger partial charge in [0.1, 0.15) is 18.3 Å². The van der Waals surface area contributed by atoms with Crippen molar-refractivity contribution in [2.24, 2.45) is 5.11 Å². The lowest BCUT2D eigenvalue weighted by molar-refractivity contribution is -0.0402. The van der Waals surface area contributed by atoms with Crippen LogP contribution in [0.5, 0.6) is 0 Å². The van der Waals surface area contributed by atoms with Gasteiger partial charge in [0.2, 0.25) is 0 Å². The molecule has 180 valence electrons. The van der Waals surface area contributed by atoms with Crippen molar-refractivity contribution in [2.75, 3.05) is 20.3 Å². The zero-order valence-corrected chi connectivity index (χ0v) is 22.8. The Labute approximate surface area is 190 Å². The van der Waals surface area contributed by atoms with Crippen molar-refractivity contribution in [3.8, 4) is 0 Å². The van der Waals surface area contributed by atoms with Crippen LogP contribution >= 0.6 is 0 Å². The average molecular weight is 474 g/mol. The predicted octanol–water partition coefficient (Wildman–Crippen LogP) is 5.82. The van der Waals surface area contributed by atoms with Crippen LogP contribution in [0, 0.1) is 0 Å². The highest BCUT2D eigenvalue weighted by Gasteiger charge is 2.61. The highest BCUT2D eigenvalue weighted by atomic mass is 28.5. The number of hydrogen-bond donors (Lipinski definition) is 0. The Morgan fingerprint density at radius 3 is 2.06 bits per heavy atom. The number of azide groups is 1. The summed E-state index contributed by atoms with van der Waals surface area (Å²) in [5.74, 6) is 0. The summed E-state index contributed by atoms with van der Waals surface area (Å²) in [5, 5.41) is 3.65. The van der Waals surface area contributed by atoms with E-state index in [0.29, 0.717) is 24.2 Å². The van der Waals surface area contributed by atoms with E-state index >= 15 is 0 Å². The lowest BCUT2D eigenvalue weighted by Crippen LogP contribution is -2.66. The van der Waals surface area contributed by atoms with Gasteiger partial charge in [-0.05, 0) is 40.5 Å². The molecule has 2 aliphatic rings. The van der Waals surface area contributed by atoms with Crippen LogP contribution in [0.4, 0.5) is 0 Å². The highest BCUT2D eigenvalue weighted by molar-refractivity contribution is 6.83. The Morgan fingerprint density at radius 2 is 1.58 bits per heavy atom. The van der Waals surface area contributed by atoms with Gasteiger partial charge >= 0.3 is 17.1 Å². The largest absolute Gasteiger partial charge is 0.414 e. The van der Waals surface area contributed by atoms with Gasteiger partial charge < -0.3 is 22.4 Å². The lowest BCUT2D eigenvalue weighted by atomic mass is 10.0. The van der Waals surface area contributed by atoms with E-state index in [1.165, 1.54) is 0 Å². The summed E-state index contributed by atoms with van der Waals surface area (Å²) in [5.41, 5.74) is 9.68. The maximum atomic E-state index is 8.55. The van der Waals surface area contributed by atoms with Gasteiger partial charge in [-0.3, -0.25) is 0 Å². The van der Waals surface area contributed by atoms with Crippen LogP contribution < -0.4 is 0 Å². The predicted molar refractivity (Wildman–Crippen MR) is 127 cm³/mol. The zero-order valence-electron chi connectivity index (χ0n) is 20.8. The van der Waals surface area contributed by atoms with Gasteiger partial charge in [0, 0.05) is 18.6 Å². The number of methoxy groups -OCH3 is 1. The van der Waals surface area contributed by atoms with E-state index in [-0.39, 0.29) is 35.5 Å². The molecule has 0 unspecified atom stereocenters. The van der Waals surface area contributed by atoms with Crippen LogP contribution in [-0.4, -0.2) is 61.8 Å². The van der Waals surface area contributed by atoms with E-state index in [9.17, 15) is 0 Å². The SMILES string of the molecule is CO[C@@H]1[C@@H]2O[Si](C(C)C)(C(C)C)O[Si](C(C)C)(C(C)C)OC[C@H]2O[C@@H]1CCCN=[N+]=[N-]. The minimum Gasteiger partial charge on any atom is -0.414 e. The number of nitrogens with zero attached hydrogens (tertiary/aromatic N) is 3. The minimum absolute atomic E-state index is 0.115. The summed E-state index contributed by atoms with van der Waals surface area (Å²) in [6.07, 6.45) is 0.780. The maximum absolute atomic E-state index is 8.55. The Kier molecular flexibility index (Phi) is 9.60. The van der Waals surface area contributed by atoms with Crippen LogP contribution in [0.25, 0.3) is 10.4 Å². The molecular formula is C21H43N3O5Si2. The fraction of sp³-hybridized carbons (Fsp3) is 1.00. The molecule has 0 bridgehead atoms. The molecule has 0 N–H and O–H groups in total. The van der Waals surface area contributed by atoms with Gasteiger partial charge in [-0.2, -0.15) is 0 Å². The summed E-state index contributed by atoms with van der Waals surface area (Å²) >= 11 is 0. The Morgan fingerprint density at radius 1 is 1.00 bits per heavy atom. The van der Waals surface area contributed by atoms with Gasteiger partial charge in [0.05, 0.1) is 12.7 Å². The summed E-state index contributed by atoms with van der Waals surface area (Å²) in [4.78, 5) is 2.84. The first-order chi connectivity index (χ1) is 14.6. The number of hydrogen-bond acceptors (Lipinski definition) is 6. The van der Waals surface area contributed by atoms with Crippen molar-refractivity contribution in [2.45, 2.75) is 115 Å². The third kappa shape index (κ3) is 5.38. The molecule has 0 saturated carbocycles. The number of ether oxygens (including phenoxy) is 2. The highest BCUT2D eigenvalue weighted by Crippen LogP contribution is 2.47. The summed E-state index contributed by atoms with van der Waals surface area (Å²) < 4.78 is 33.5. The summed E-state index contributed by atoms with van der Waals surface area (Å²) in [6.45, 7) is 18.7. The molecule has 0 aromatic carbocycles. The van der Waals surface area contributed by atoms with E-state index < -0.39 is 17.1 Å². The van der Waals surface area contributed by atoms with Crippen molar-refractivity contribution >= 4 is 17.1 Å². The molecule has 0 spiro atoms. The Balaban J connectivity index is 2.43. The zero-order chi connectivity index (χ0) is 23.4. The fourth-order valence-corrected chi connectivity index (χ4v) is 16.4. The quantitative estimate of drug-likeness (QED) is 0.138. The van der Waals surface area contributed by atoms with Crippen molar-refractivity contribution in [3.63, 3.8) is 0 Å². The van der Waals surface area contributed by atoms with E-state index in [2.05, 4.69) is 65.4 Å². The molecule has 0 aromatic heterocycles. The standard InChI is InChI=1S/C21H43N3O5Si2/c1-14(2)30(15(3)4)26-13-19-21(28-31(29-30,16(5)6)17(7)8)20(25-9)18(27-19)11-10-12-23-24-22/h14-21H,10-13H2,1-9H3/t18-,19-,20+,21-/m1/s1. The van der Waals surface area contributed by atoms with Gasteiger partial charge in [-0.1, -0.05) is 60.5 Å². The van der Waals surface area contributed by atoms with Gasteiger partial charge in [0.25, 0.3) is 0 Å². The first-order valence-electron chi connectivity index (χ1n) is 11.8. The molecule has 2 aliphatic heterocycles. The van der Waals surface area contributed by atoms with E-state index in [1.54, 1.807) is 7.11 Å². The molecule has 8 nitrogen and oxygen atoms in total. The van der Waals surface area contributed by atoms with Crippen molar-refractivity contribution in [3.05, 3.63) is 10.4 Å². The number of fused-ring (bicyclic) bond motifs is 1. The Hall–Kier alpha value is -0.456. The van der Waals surface area contributed by atoms with E-state index in [4.69, 9.17) is 28.0 Å². The van der Waals surface area contributed by atoms with Crippen LogP contribution in [-0.2, 0) is 22.4 Å². The second-order valence-electron chi connectivity index (χ2n) is 10.1. The van der Waals surface area contributed by atoms with E-state index in [0.717, 1.165) is 12.8 Å². The molecule has 2 saturated heterocycles. The van der Waals surface area contributed by atoms with Crippen LogP contribution in [0.3, 0.4) is 0 Å². The molecule has 0 aliphatic carbocycles. The molecule has 2 fully saturated rings. The van der Waals surface area contributed by atoms with Crippen molar-refractivity contribution in [1.29, 1.82) is 0 Å². The lowest BCUT2D eigenvalue weighted by Gasteiger charge is -2.51. The third-order valence-electron chi connectivity index (χ3n) is 6.82. The minimum atomic E-state index is -2.69. The fourth-order valence-electron chi connectivity index (χ4n) is 5.14. The second-order valence-corrected chi connectivity index (χ2v) is 18.9. The van der Waals surface area contributed by atoms with Crippen LogP contribution in [0.1, 0.15) is 68.2 Å². The Bertz CT molecular complexity index is 612. The molecule has 0 radical (unpaired) electrons. The number of rotatable bonds is 9. The first-order valence-corrected chi connectivity index (χ1v) is 15.7. The monoisotopic (exact) mass is 473 g/mol. The van der Waals surface area contributed by atoms with Crippen LogP contribution in [0.2, 0.25) is 22.2 Å². The topological polar surface area (TPSA) is 94.9 Å². The van der Waals surface area contributed by atoms with Gasteiger partial charge in [-0.15, -0.1) is 0 Å². The van der Waals surface area contributed by atoms with Gasteiger partial charge in [0.15, 0.2) is 0 Å². The molecule has 0 aromatic rings. The first kappa shape index (κ1) is 26.8. The molecule has 0 amide bonds. The molecule has 2 rings (SSSR count). The summed E-state index contributed by atoms with van der Waals surface area (Å²) in [6, 6.07) is 0. The van der Waals surface area contributed by atoms with Crippen molar-refractivity contribution < 1.29 is 22.4 Å². The smallest absolute Gasteiger partial charge is 0.335 e.